The van der Waals surface area contributed by atoms with Gasteiger partial charge < -0.3 is 29.9 Å². The quantitative estimate of drug-likeness (QED) is 0.145. The Morgan fingerprint density at radius 1 is 0.600 bits per heavy atom. The molecule has 1 rings (SSSR count). The Balaban J connectivity index is 3.25. The normalized spacial score (nSPS) is 29.6. The van der Waals surface area contributed by atoms with Gasteiger partial charge in [-0.2, -0.15) is 0 Å². The Morgan fingerprint density at radius 2 is 0.920 bits per heavy atom. The van der Waals surface area contributed by atoms with Crippen molar-refractivity contribution in [2.24, 2.45) is 47.3 Å². The van der Waals surface area contributed by atoms with E-state index in [1.165, 1.54) is 36.5 Å². The fourth-order valence-electron chi connectivity index (χ4n) is 5.45. The van der Waals surface area contributed by atoms with Gasteiger partial charge in [0.2, 0.25) is 0 Å². The van der Waals surface area contributed by atoms with Crippen LogP contribution in [0.2, 0.25) is 0 Å². The number of carbonyl (C=O) groups is 4. The van der Waals surface area contributed by atoms with Gasteiger partial charge >= 0.3 is 11.9 Å². The highest BCUT2D eigenvalue weighted by Gasteiger charge is 2.36. The van der Waals surface area contributed by atoms with Crippen molar-refractivity contribution in [3.8, 4) is 0 Å². The maximum Gasteiger partial charge on any atom is 0.331 e. The molecule has 1 heterocycles. The van der Waals surface area contributed by atoms with E-state index in [4.69, 9.17) is 9.47 Å². The van der Waals surface area contributed by atoms with Crippen molar-refractivity contribution < 1.29 is 49.1 Å². The van der Waals surface area contributed by atoms with Crippen LogP contribution in [0.3, 0.4) is 0 Å². The van der Waals surface area contributed by atoms with Crippen LogP contribution in [0.5, 0.6) is 0 Å². The summed E-state index contributed by atoms with van der Waals surface area (Å²) in [5.74, 6) is -6.23. The summed E-state index contributed by atoms with van der Waals surface area (Å²) in [6.45, 7) is 17.0. The van der Waals surface area contributed by atoms with Crippen LogP contribution in [0.15, 0.2) is 72.9 Å². The summed E-state index contributed by atoms with van der Waals surface area (Å²) in [7, 11) is 0. The van der Waals surface area contributed by atoms with Crippen molar-refractivity contribution in [1.29, 1.82) is 0 Å². The second-order valence-corrected chi connectivity index (χ2v) is 14.0. The van der Waals surface area contributed by atoms with Gasteiger partial charge in [0.1, 0.15) is 12.2 Å². The van der Waals surface area contributed by atoms with Crippen molar-refractivity contribution in [2.75, 3.05) is 0 Å². The van der Waals surface area contributed by atoms with Crippen LogP contribution in [0, 0.1) is 47.3 Å². The molecule has 0 saturated carbocycles. The fraction of sp³-hybridized carbons (Fsp3) is 0.600. The van der Waals surface area contributed by atoms with E-state index in [1.54, 1.807) is 106 Å². The van der Waals surface area contributed by atoms with Crippen LogP contribution in [-0.2, 0) is 28.7 Å². The lowest BCUT2D eigenvalue weighted by Gasteiger charge is -2.33. The molecule has 0 radical (unpaired) electrons. The van der Waals surface area contributed by atoms with E-state index in [0.29, 0.717) is 0 Å². The summed E-state index contributed by atoms with van der Waals surface area (Å²) in [6, 6.07) is 0. The van der Waals surface area contributed by atoms with Gasteiger partial charge in [0.15, 0.2) is 11.6 Å². The van der Waals surface area contributed by atoms with Crippen LogP contribution < -0.4 is 0 Å². The van der Waals surface area contributed by atoms with Gasteiger partial charge in [0.05, 0.1) is 24.4 Å². The molecule has 10 nitrogen and oxygen atoms in total. The van der Waals surface area contributed by atoms with Gasteiger partial charge in [-0.15, -0.1) is 0 Å². The maximum absolute atomic E-state index is 12.9. The molecule has 0 fully saturated rings. The third-order valence-corrected chi connectivity index (χ3v) is 9.74. The number of aliphatic hydroxyl groups is 4. The summed E-state index contributed by atoms with van der Waals surface area (Å²) in [5, 5.41) is 41.7. The molecule has 0 amide bonds. The molecule has 1 aliphatic heterocycles. The summed E-state index contributed by atoms with van der Waals surface area (Å²) in [6.07, 6.45) is 12.7. The fourth-order valence-corrected chi connectivity index (χ4v) is 5.45. The first kappa shape index (κ1) is 44.6. The van der Waals surface area contributed by atoms with Crippen LogP contribution in [-0.4, -0.2) is 80.6 Å². The zero-order valence-electron chi connectivity index (χ0n) is 31.2. The van der Waals surface area contributed by atoms with Gasteiger partial charge in [-0.3, -0.25) is 9.59 Å². The summed E-state index contributed by atoms with van der Waals surface area (Å²) >= 11 is 0. The molecule has 14 atom stereocenters. The minimum Gasteiger partial charge on any atom is -0.458 e. The molecule has 0 saturated heterocycles. The summed E-state index contributed by atoms with van der Waals surface area (Å²) < 4.78 is 11.6. The highest BCUT2D eigenvalue weighted by Crippen LogP contribution is 2.28. The topological polar surface area (TPSA) is 168 Å². The lowest BCUT2D eigenvalue weighted by atomic mass is 9.82. The Morgan fingerprint density at radius 3 is 1.22 bits per heavy atom. The molecule has 0 aliphatic carbocycles. The van der Waals surface area contributed by atoms with Crippen LogP contribution >= 0.6 is 0 Å². The SMILES string of the molecule is C[C@@H]([C@@H](O)[C@H](C)C(=O)/C=C/[C@H](C)[C@@H](C)O)[C@H]1OC(=O)/C=C/C=C/[C@H](C)[C@@H]([C@@H](C)[C@@H](O)[C@H](C)C(=O)/C=C/[C@H](C)[C@@H](C)O)OC(=O)/C=C/C=C\[C@H]1C. The maximum atomic E-state index is 12.9. The van der Waals surface area contributed by atoms with Gasteiger partial charge in [-0.25, -0.2) is 9.59 Å². The Kier molecular flexibility index (Phi) is 19.4. The molecule has 1 aliphatic rings. The van der Waals surface area contributed by atoms with E-state index in [1.807, 2.05) is 0 Å². The van der Waals surface area contributed by atoms with E-state index < -0.39 is 84.1 Å². The summed E-state index contributed by atoms with van der Waals surface area (Å²) in [5.41, 5.74) is 0. The predicted molar refractivity (Wildman–Crippen MR) is 193 cm³/mol. The Labute approximate surface area is 298 Å². The molecule has 0 aromatic carbocycles. The smallest absolute Gasteiger partial charge is 0.331 e. The molecule has 0 spiro atoms. The van der Waals surface area contributed by atoms with Crippen molar-refractivity contribution >= 4 is 23.5 Å². The molecule has 10 heteroatoms. The van der Waals surface area contributed by atoms with Gasteiger partial charge in [-0.1, -0.05) is 104 Å². The zero-order valence-corrected chi connectivity index (χ0v) is 31.2. The number of ether oxygens (including phenoxy) is 2. The van der Waals surface area contributed by atoms with E-state index in [9.17, 15) is 39.6 Å². The minimum atomic E-state index is -1.15. The van der Waals surface area contributed by atoms with Gasteiger partial charge in [-0.05, 0) is 26.0 Å². The van der Waals surface area contributed by atoms with E-state index in [2.05, 4.69) is 0 Å². The number of hydrogen-bond donors (Lipinski definition) is 4. The second kappa shape index (κ2) is 21.7. The number of ketones is 2. The second-order valence-electron chi connectivity index (χ2n) is 14.0. The predicted octanol–water partition coefficient (Wildman–Crippen LogP) is 4.87. The van der Waals surface area contributed by atoms with Crippen LogP contribution in [0.25, 0.3) is 0 Å². The number of cyclic esters (lactones) is 2. The number of rotatable bonds is 14. The number of esters is 2. The number of aliphatic hydroxyl groups excluding tert-OH is 4. The highest BCUT2D eigenvalue weighted by atomic mass is 16.5. The molecule has 4 N–H and O–H groups in total. The Hall–Kier alpha value is -3.44. The van der Waals surface area contributed by atoms with Crippen molar-refractivity contribution in [3.63, 3.8) is 0 Å². The molecule has 280 valence electrons. The molecule has 0 unspecified atom stereocenters. The van der Waals surface area contributed by atoms with Gasteiger partial charge in [0, 0.05) is 59.5 Å². The average Bonchev–Trinajstić information content (AvgIpc) is 3.07. The van der Waals surface area contributed by atoms with Crippen molar-refractivity contribution in [2.45, 2.75) is 106 Å². The lowest BCUT2D eigenvalue weighted by molar-refractivity contribution is -0.152. The Bertz CT molecular complexity index is 1190. The van der Waals surface area contributed by atoms with Crippen LogP contribution in [0.4, 0.5) is 0 Å². The first-order valence-corrected chi connectivity index (χ1v) is 17.6. The monoisotopic (exact) mass is 700 g/mol. The number of allylic oxidation sites excluding steroid dienone is 6. The highest BCUT2D eigenvalue weighted by molar-refractivity contribution is 5.92. The zero-order chi connectivity index (χ0) is 38.3. The van der Waals surface area contributed by atoms with Crippen molar-refractivity contribution in [1.82, 2.24) is 0 Å². The molecule has 50 heavy (non-hydrogen) atoms. The molecular weight excluding hydrogens is 640 g/mol. The number of carbonyl (C=O) groups excluding carboxylic acids is 4. The third-order valence-electron chi connectivity index (χ3n) is 9.74. The first-order valence-electron chi connectivity index (χ1n) is 17.6. The van der Waals surface area contributed by atoms with E-state index >= 15 is 0 Å². The lowest BCUT2D eigenvalue weighted by Crippen LogP contribution is -2.41. The van der Waals surface area contributed by atoms with Gasteiger partial charge in [0.25, 0.3) is 0 Å². The van der Waals surface area contributed by atoms with Crippen molar-refractivity contribution in [3.05, 3.63) is 72.9 Å². The minimum absolute atomic E-state index is 0.242. The van der Waals surface area contributed by atoms with E-state index in [-0.39, 0.29) is 23.4 Å². The molecular formula is C40H60O10. The summed E-state index contributed by atoms with van der Waals surface area (Å²) in [4.78, 5) is 51.5. The first-order chi connectivity index (χ1) is 23.3. The molecule has 0 aromatic rings. The van der Waals surface area contributed by atoms with E-state index in [0.717, 1.165) is 0 Å². The van der Waals surface area contributed by atoms with Crippen LogP contribution in [0.1, 0.15) is 69.2 Å². The molecule has 0 aromatic heterocycles. The largest absolute Gasteiger partial charge is 0.458 e. The number of hydrogen-bond acceptors (Lipinski definition) is 10. The third kappa shape index (κ3) is 14.4. The standard InChI is InChI=1S/C40H60O10/c1-23(31(9)41)19-21-33(43)27(5)37(47)29(7)39-25(3)15-11-13-18-36(46)50-40(26(4)16-12-14-17-35(45)49-39)30(8)38(48)28(6)34(44)22-20-24(2)32(10)42/h11-32,37-42,47-48H,1-10H3/b15-11-,16-12+,17-14+,18-13+,21-19+,22-20+/t23-,24-,25+,26-,27+,28+,29-,30-,31+,32+,37-,38-,39-,40-/m0/s1. The average molecular weight is 701 g/mol. The molecule has 0 bridgehead atoms.